The Morgan fingerprint density at radius 3 is 2.43 bits per heavy atom. The summed E-state index contributed by atoms with van der Waals surface area (Å²) >= 11 is 0. The van der Waals surface area contributed by atoms with Gasteiger partial charge in [0.1, 0.15) is 5.54 Å². The zero-order valence-corrected chi connectivity index (χ0v) is 17.6. The van der Waals surface area contributed by atoms with Crippen LogP contribution in [-0.4, -0.2) is 34.0 Å². The van der Waals surface area contributed by atoms with E-state index in [2.05, 4.69) is 20.8 Å². The van der Waals surface area contributed by atoms with E-state index >= 15 is 0 Å². The lowest BCUT2D eigenvalue weighted by atomic mass is 9.88. The maximum absolute atomic E-state index is 12.3. The van der Waals surface area contributed by atoms with E-state index in [4.69, 9.17) is 10.3 Å². The van der Waals surface area contributed by atoms with E-state index in [1.165, 1.54) is 6.92 Å². The number of carbonyl (C=O) groups is 2. The van der Waals surface area contributed by atoms with Crippen LogP contribution in [-0.2, 0) is 21.5 Å². The Morgan fingerprint density at radius 1 is 1.25 bits per heavy atom. The van der Waals surface area contributed by atoms with Crippen LogP contribution in [0.25, 0.3) is 0 Å². The largest absolute Gasteiger partial charge is 0.349 e. The molecule has 1 aliphatic rings. The van der Waals surface area contributed by atoms with E-state index in [1.54, 1.807) is 0 Å². The molecule has 1 atom stereocenters. The van der Waals surface area contributed by atoms with Gasteiger partial charge in [-0.25, -0.2) is 0 Å². The first-order valence-corrected chi connectivity index (χ1v) is 10.3. The number of aromatic nitrogens is 2. The molecule has 1 saturated carbocycles. The molecule has 8 nitrogen and oxygen atoms in total. The SMILES string of the molecule is CC(=O)NC1(c2noc(CCC(=O)NC(C)(CN)C(C)C)n2)CCCCCC1. The molecule has 1 fully saturated rings. The summed E-state index contributed by atoms with van der Waals surface area (Å²) < 4.78 is 5.40. The quantitative estimate of drug-likeness (QED) is 0.582. The first kappa shape index (κ1) is 22.3. The van der Waals surface area contributed by atoms with Crippen LogP contribution >= 0.6 is 0 Å². The second-order valence-corrected chi connectivity index (χ2v) is 8.51. The molecule has 0 radical (unpaired) electrons. The third-order valence-electron chi connectivity index (χ3n) is 5.96. The van der Waals surface area contributed by atoms with Gasteiger partial charge in [-0.15, -0.1) is 0 Å². The summed E-state index contributed by atoms with van der Waals surface area (Å²) in [5, 5.41) is 10.2. The fourth-order valence-corrected chi connectivity index (χ4v) is 3.66. The maximum Gasteiger partial charge on any atom is 0.227 e. The molecule has 1 unspecified atom stereocenters. The zero-order chi connectivity index (χ0) is 20.8. The second kappa shape index (κ2) is 9.49. The first-order chi connectivity index (χ1) is 13.2. The van der Waals surface area contributed by atoms with Gasteiger partial charge in [0.05, 0.1) is 5.54 Å². The van der Waals surface area contributed by atoms with Gasteiger partial charge in [-0.3, -0.25) is 9.59 Å². The Bertz CT molecular complexity index is 665. The summed E-state index contributed by atoms with van der Waals surface area (Å²) in [7, 11) is 0. The topological polar surface area (TPSA) is 123 Å². The van der Waals surface area contributed by atoms with Crippen molar-refractivity contribution in [3.05, 3.63) is 11.7 Å². The number of carbonyl (C=O) groups excluding carboxylic acids is 2. The van der Waals surface area contributed by atoms with E-state index in [1.807, 2.05) is 20.8 Å². The molecule has 4 N–H and O–H groups in total. The van der Waals surface area contributed by atoms with Crippen LogP contribution in [0.4, 0.5) is 0 Å². The van der Waals surface area contributed by atoms with Crippen molar-refractivity contribution < 1.29 is 14.1 Å². The molecular weight excluding hydrogens is 358 g/mol. The Morgan fingerprint density at radius 2 is 1.89 bits per heavy atom. The van der Waals surface area contributed by atoms with E-state index in [9.17, 15) is 9.59 Å². The van der Waals surface area contributed by atoms with Crippen molar-refractivity contribution in [1.29, 1.82) is 0 Å². The molecule has 0 aliphatic heterocycles. The van der Waals surface area contributed by atoms with Crippen LogP contribution in [0.1, 0.15) is 84.4 Å². The molecule has 1 aliphatic carbocycles. The molecular formula is C20H35N5O3. The summed E-state index contributed by atoms with van der Waals surface area (Å²) in [6, 6.07) is 0. The predicted octanol–water partition coefficient (Wildman–Crippen LogP) is 2.18. The fourth-order valence-electron chi connectivity index (χ4n) is 3.66. The van der Waals surface area contributed by atoms with Gasteiger partial charge in [-0.1, -0.05) is 44.7 Å². The highest BCUT2D eigenvalue weighted by Crippen LogP contribution is 2.34. The summed E-state index contributed by atoms with van der Waals surface area (Å²) in [4.78, 5) is 28.7. The highest BCUT2D eigenvalue weighted by atomic mass is 16.5. The van der Waals surface area contributed by atoms with E-state index in [-0.39, 0.29) is 24.2 Å². The Labute approximate surface area is 167 Å². The molecule has 2 amide bonds. The van der Waals surface area contributed by atoms with Crippen LogP contribution < -0.4 is 16.4 Å². The third-order valence-corrected chi connectivity index (χ3v) is 5.96. The van der Waals surface area contributed by atoms with Crippen LogP contribution in [0, 0.1) is 5.92 Å². The van der Waals surface area contributed by atoms with Crippen molar-refractivity contribution in [3.8, 4) is 0 Å². The minimum absolute atomic E-state index is 0.0903. The lowest BCUT2D eigenvalue weighted by Crippen LogP contribution is -2.55. The standard InChI is InChI=1S/C20H35N5O3/c1-14(2)19(4,13-21)24-16(27)9-10-17-22-18(25-28-17)20(23-15(3)26)11-7-5-6-8-12-20/h14H,5-13,21H2,1-4H3,(H,23,26)(H,24,27). The summed E-state index contributed by atoms with van der Waals surface area (Å²) in [6.07, 6.45) is 6.51. The highest BCUT2D eigenvalue weighted by Gasteiger charge is 2.38. The van der Waals surface area contributed by atoms with Gasteiger partial charge in [0.2, 0.25) is 17.7 Å². The monoisotopic (exact) mass is 393 g/mol. The predicted molar refractivity (Wildman–Crippen MR) is 106 cm³/mol. The number of aryl methyl sites for hydroxylation is 1. The van der Waals surface area contributed by atoms with E-state index in [0.29, 0.717) is 24.7 Å². The molecule has 0 saturated heterocycles. The van der Waals surface area contributed by atoms with Crippen LogP contribution in [0.3, 0.4) is 0 Å². The van der Waals surface area contributed by atoms with Gasteiger partial charge < -0.3 is 20.9 Å². The van der Waals surface area contributed by atoms with Gasteiger partial charge in [0.25, 0.3) is 0 Å². The Hall–Kier alpha value is -1.96. The van der Waals surface area contributed by atoms with E-state index in [0.717, 1.165) is 38.5 Å². The number of rotatable bonds is 8. The molecule has 8 heteroatoms. The number of nitrogens with two attached hydrogens (primary N) is 1. The van der Waals surface area contributed by atoms with Gasteiger partial charge in [0.15, 0.2) is 5.82 Å². The molecule has 1 aromatic heterocycles. The van der Waals surface area contributed by atoms with Crippen LogP contribution in [0.5, 0.6) is 0 Å². The molecule has 0 bridgehead atoms. The number of amides is 2. The highest BCUT2D eigenvalue weighted by molar-refractivity contribution is 5.77. The molecule has 158 valence electrons. The van der Waals surface area contributed by atoms with Gasteiger partial charge in [-0.05, 0) is 25.7 Å². The normalized spacial score (nSPS) is 18.9. The summed E-state index contributed by atoms with van der Waals surface area (Å²) in [5.41, 5.74) is 4.82. The smallest absolute Gasteiger partial charge is 0.227 e. The van der Waals surface area contributed by atoms with Crippen molar-refractivity contribution in [2.75, 3.05) is 6.54 Å². The van der Waals surface area contributed by atoms with Crippen molar-refractivity contribution in [3.63, 3.8) is 0 Å². The molecule has 0 aromatic carbocycles. The second-order valence-electron chi connectivity index (χ2n) is 8.51. The minimum atomic E-state index is -0.567. The van der Waals surface area contributed by atoms with Crippen LogP contribution in [0.2, 0.25) is 0 Å². The number of hydrogen-bond acceptors (Lipinski definition) is 6. The Kier molecular flexibility index (Phi) is 7.57. The van der Waals surface area contributed by atoms with E-state index < -0.39 is 11.1 Å². The molecule has 2 rings (SSSR count). The average molecular weight is 394 g/mol. The molecule has 0 spiro atoms. The maximum atomic E-state index is 12.3. The van der Waals surface area contributed by atoms with Crippen molar-refractivity contribution in [1.82, 2.24) is 20.8 Å². The number of hydrogen-bond donors (Lipinski definition) is 3. The lowest BCUT2D eigenvalue weighted by Gasteiger charge is -2.33. The first-order valence-electron chi connectivity index (χ1n) is 10.3. The average Bonchev–Trinajstić information content (AvgIpc) is 3.00. The van der Waals surface area contributed by atoms with Crippen molar-refractivity contribution in [2.45, 2.75) is 90.1 Å². The Balaban J connectivity index is 2.04. The third kappa shape index (κ3) is 5.53. The van der Waals surface area contributed by atoms with Gasteiger partial charge in [0, 0.05) is 26.3 Å². The minimum Gasteiger partial charge on any atom is -0.349 e. The van der Waals surface area contributed by atoms with Crippen molar-refractivity contribution >= 4 is 11.8 Å². The van der Waals surface area contributed by atoms with Gasteiger partial charge in [-0.2, -0.15) is 4.98 Å². The zero-order valence-electron chi connectivity index (χ0n) is 17.6. The number of nitrogens with one attached hydrogen (secondary N) is 2. The van der Waals surface area contributed by atoms with Gasteiger partial charge >= 0.3 is 0 Å². The summed E-state index contributed by atoms with van der Waals surface area (Å²) in [6.45, 7) is 7.91. The fraction of sp³-hybridized carbons (Fsp3) is 0.800. The number of nitrogens with zero attached hydrogens (tertiary/aromatic N) is 2. The molecule has 1 heterocycles. The molecule has 1 aromatic rings. The lowest BCUT2D eigenvalue weighted by molar-refractivity contribution is -0.123. The van der Waals surface area contributed by atoms with Crippen LogP contribution in [0.15, 0.2) is 4.52 Å². The summed E-state index contributed by atoms with van der Waals surface area (Å²) in [5.74, 6) is 0.978. The molecule has 28 heavy (non-hydrogen) atoms. The van der Waals surface area contributed by atoms with Crippen molar-refractivity contribution in [2.24, 2.45) is 11.7 Å².